The topological polar surface area (TPSA) is 30.5 Å². The normalized spacial score (nSPS) is 23.6. The number of benzene rings is 1. The summed E-state index contributed by atoms with van der Waals surface area (Å²) in [5, 5.41) is 3.16. The molecule has 1 fully saturated rings. The van der Waals surface area contributed by atoms with Crippen molar-refractivity contribution in [2.24, 2.45) is 0 Å². The molecular formula is C14H18F3NO2. The van der Waals surface area contributed by atoms with E-state index in [-0.39, 0.29) is 18.0 Å². The summed E-state index contributed by atoms with van der Waals surface area (Å²) < 4.78 is 49.2. The lowest BCUT2D eigenvalue weighted by molar-refractivity contribution is -0.137. The SMILES string of the molecule is CCO[C@@H]1CCNC[C@H]1Oc1cccc(C(F)(F)F)c1. The maximum Gasteiger partial charge on any atom is 0.416 e. The Kier molecular flexibility index (Phi) is 4.88. The molecule has 3 nitrogen and oxygen atoms in total. The molecule has 2 rings (SSSR count). The van der Waals surface area contributed by atoms with Gasteiger partial charge in [0.2, 0.25) is 0 Å². The average Bonchev–Trinajstić information content (AvgIpc) is 2.41. The van der Waals surface area contributed by atoms with Gasteiger partial charge >= 0.3 is 6.18 Å². The monoisotopic (exact) mass is 289 g/mol. The number of hydrogen-bond acceptors (Lipinski definition) is 3. The standard InChI is InChI=1S/C14H18F3NO2/c1-2-19-12-6-7-18-9-13(12)20-11-5-3-4-10(8-11)14(15,16)17/h3-5,8,12-13,18H,2,6-7,9H2,1H3/t12-,13-/m1/s1. The molecule has 0 spiro atoms. The Labute approximate surface area is 116 Å². The Hall–Kier alpha value is -1.27. The fourth-order valence-corrected chi connectivity index (χ4v) is 2.25. The van der Waals surface area contributed by atoms with Crippen molar-refractivity contribution in [2.75, 3.05) is 19.7 Å². The third-order valence-corrected chi connectivity index (χ3v) is 3.20. The molecule has 1 aromatic carbocycles. The highest BCUT2D eigenvalue weighted by atomic mass is 19.4. The van der Waals surface area contributed by atoms with Crippen LogP contribution in [0.25, 0.3) is 0 Å². The van der Waals surface area contributed by atoms with Crippen LogP contribution in [0.1, 0.15) is 18.9 Å². The van der Waals surface area contributed by atoms with Crippen molar-refractivity contribution < 1.29 is 22.6 Å². The Morgan fingerprint density at radius 3 is 2.80 bits per heavy atom. The zero-order chi connectivity index (χ0) is 14.6. The van der Waals surface area contributed by atoms with Gasteiger partial charge in [-0.15, -0.1) is 0 Å². The number of nitrogens with one attached hydrogen (secondary N) is 1. The molecule has 1 aromatic rings. The largest absolute Gasteiger partial charge is 0.486 e. The van der Waals surface area contributed by atoms with Crippen molar-refractivity contribution >= 4 is 0 Å². The first-order valence-corrected chi connectivity index (χ1v) is 6.67. The van der Waals surface area contributed by atoms with Crippen LogP contribution in [-0.4, -0.2) is 31.9 Å². The van der Waals surface area contributed by atoms with E-state index >= 15 is 0 Å². The van der Waals surface area contributed by atoms with Gasteiger partial charge in [-0.05, 0) is 38.1 Å². The molecule has 6 heteroatoms. The van der Waals surface area contributed by atoms with Crippen LogP contribution in [0.4, 0.5) is 13.2 Å². The molecule has 0 radical (unpaired) electrons. The number of rotatable bonds is 4. The second-order valence-electron chi connectivity index (χ2n) is 4.67. The quantitative estimate of drug-likeness (QED) is 0.924. The number of hydrogen-bond donors (Lipinski definition) is 1. The molecule has 0 bridgehead atoms. The summed E-state index contributed by atoms with van der Waals surface area (Å²) in [6, 6.07) is 4.95. The predicted octanol–water partition coefficient (Wildman–Crippen LogP) is 2.85. The number of halogens is 3. The van der Waals surface area contributed by atoms with Crippen LogP contribution in [-0.2, 0) is 10.9 Å². The Morgan fingerprint density at radius 2 is 2.10 bits per heavy atom. The molecule has 0 unspecified atom stereocenters. The lowest BCUT2D eigenvalue weighted by atomic mass is 10.1. The van der Waals surface area contributed by atoms with Crippen LogP contribution in [0.3, 0.4) is 0 Å². The van der Waals surface area contributed by atoms with E-state index in [4.69, 9.17) is 9.47 Å². The van der Waals surface area contributed by atoms with Crippen LogP contribution in [0.5, 0.6) is 5.75 Å². The molecule has 0 aromatic heterocycles. The van der Waals surface area contributed by atoms with E-state index in [1.165, 1.54) is 12.1 Å². The van der Waals surface area contributed by atoms with E-state index in [9.17, 15) is 13.2 Å². The van der Waals surface area contributed by atoms with Crippen molar-refractivity contribution in [3.05, 3.63) is 29.8 Å². The Bertz CT molecular complexity index is 435. The molecule has 2 atom stereocenters. The summed E-state index contributed by atoms with van der Waals surface area (Å²) in [5.74, 6) is 0.221. The van der Waals surface area contributed by atoms with Gasteiger partial charge in [0.05, 0.1) is 11.7 Å². The van der Waals surface area contributed by atoms with Crippen LogP contribution in [0.2, 0.25) is 0 Å². The molecule has 0 amide bonds. The van der Waals surface area contributed by atoms with E-state index < -0.39 is 11.7 Å². The fourth-order valence-electron chi connectivity index (χ4n) is 2.25. The minimum Gasteiger partial charge on any atom is -0.486 e. The molecule has 0 aliphatic carbocycles. The zero-order valence-electron chi connectivity index (χ0n) is 11.2. The van der Waals surface area contributed by atoms with Crippen molar-refractivity contribution in [1.29, 1.82) is 0 Å². The maximum absolute atomic E-state index is 12.7. The maximum atomic E-state index is 12.7. The summed E-state index contributed by atoms with van der Waals surface area (Å²) >= 11 is 0. The van der Waals surface area contributed by atoms with E-state index in [2.05, 4.69) is 5.32 Å². The van der Waals surface area contributed by atoms with Crippen LogP contribution < -0.4 is 10.1 Å². The molecule has 112 valence electrons. The van der Waals surface area contributed by atoms with Crippen LogP contribution >= 0.6 is 0 Å². The smallest absolute Gasteiger partial charge is 0.416 e. The summed E-state index contributed by atoms with van der Waals surface area (Å²) in [6.45, 7) is 3.85. The average molecular weight is 289 g/mol. The van der Waals surface area contributed by atoms with E-state index in [0.29, 0.717) is 13.2 Å². The van der Waals surface area contributed by atoms with Gasteiger partial charge in [0.15, 0.2) is 0 Å². The molecule has 1 heterocycles. The molecule has 1 saturated heterocycles. The highest BCUT2D eigenvalue weighted by molar-refractivity contribution is 5.30. The van der Waals surface area contributed by atoms with E-state index in [1.807, 2.05) is 6.92 Å². The summed E-state index contributed by atoms with van der Waals surface area (Å²) in [7, 11) is 0. The van der Waals surface area contributed by atoms with Gasteiger partial charge in [-0.3, -0.25) is 0 Å². The van der Waals surface area contributed by atoms with Gasteiger partial charge in [-0.1, -0.05) is 6.07 Å². The van der Waals surface area contributed by atoms with E-state index in [0.717, 1.165) is 25.1 Å². The Balaban J connectivity index is 2.08. The molecular weight excluding hydrogens is 271 g/mol. The van der Waals surface area contributed by atoms with Crippen molar-refractivity contribution in [1.82, 2.24) is 5.32 Å². The second-order valence-corrected chi connectivity index (χ2v) is 4.67. The first-order chi connectivity index (χ1) is 9.50. The zero-order valence-corrected chi connectivity index (χ0v) is 11.2. The molecule has 1 aliphatic heterocycles. The molecule has 1 N–H and O–H groups in total. The van der Waals surface area contributed by atoms with Crippen molar-refractivity contribution in [3.8, 4) is 5.75 Å². The molecule has 20 heavy (non-hydrogen) atoms. The lowest BCUT2D eigenvalue weighted by Gasteiger charge is -2.32. The van der Waals surface area contributed by atoms with Gasteiger partial charge in [-0.2, -0.15) is 13.2 Å². The molecule has 1 aliphatic rings. The second kappa shape index (κ2) is 6.45. The highest BCUT2D eigenvalue weighted by Crippen LogP contribution is 2.31. The Morgan fingerprint density at radius 1 is 1.30 bits per heavy atom. The van der Waals surface area contributed by atoms with Crippen LogP contribution in [0.15, 0.2) is 24.3 Å². The summed E-state index contributed by atoms with van der Waals surface area (Å²) in [4.78, 5) is 0. The van der Waals surface area contributed by atoms with Gasteiger partial charge in [0, 0.05) is 13.2 Å². The lowest BCUT2D eigenvalue weighted by Crippen LogP contribution is -2.48. The molecule has 0 saturated carbocycles. The highest BCUT2D eigenvalue weighted by Gasteiger charge is 2.32. The van der Waals surface area contributed by atoms with Crippen LogP contribution in [0, 0.1) is 0 Å². The first-order valence-electron chi connectivity index (χ1n) is 6.67. The number of piperidine rings is 1. The van der Waals surface area contributed by atoms with E-state index in [1.54, 1.807) is 0 Å². The minimum atomic E-state index is -4.36. The number of alkyl halides is 3. The van der Waals surface area contributed by atoms with Crippen molar-refractivity contribution in [2.45, 2.75) is 31.7 Å². The third-order valence-electron chi connectivity index (χ3n) is 3.20. The first kappa shape index (κ1) is 15.1. The summed E-state index contributed by atoms with van der Waals surface area (Å²) in [5.41, 5.74) is -0.702. The summed E-state index contributed by atoms with van der Waals surface area (Å²) in [6.07, 6.45) is -3.93. The third kappa shape index (κ3) is 3.86. The van der Waals surface area contributed by atoms with Gasteiger partial charge in [0.1, 0.15) is 11.9 Å². The number of ether oxygens (including phenoxy) is 2. The minimum absolute atomic E-state index is 0.0872. The van der Waals surface area contributed by atoms with Gasteiger partial charge in [0.25, 0.3) is 0 Å². The fraction of sp³-hybridized carbons (Fsp3) is 0.571. The van der Waals surface area contributed by atoms with Gasteiger partial charge in [-0.25, -0.2) is 0 Å². The predicted molar refractivity (Wildman–Crippen MR) is 68.8 cm³/mol. The van der Waals surface area contributed by atoms with Gasteiger partial charge < -0.3 is 14.8 Å². The van der Waals surface area contributed by atoms with Crippen molar-refractivity contribution in [3.63, 3.8) is 0 Å².